The van der Waals surface area contributed by atoms with E-state index in [9.17, 15) is 14.0 Å². The molecule has 6 nitrogen and oxygen atoms in total. The average Bonchev–Trinajstić information content (AvgIpc) is 3.16. The SMILES string of the molecule is COc1ccc(C(=O)Nc2nc3c(s2)CCC[C@H]3C(=O)Nc2cccc(F)c2)cc1. The molecule has 4 rings (SSSR count). The molecule has 154 valence electrons. The molecule has 8 heteroatoms. The third-order valence-corrected chi connectivity index (χ3v) is 5.98. The third-order valence-electron chi connectivity index (χ3n) is 4.94. The molecule has 0 fully saturated rings. The number of ether oxygens (including phenoxy) is 1. The van der Waals surface area contributed by atoms with E-state index in [4.69, 9.17) is 4.74 Å². The Morgan fingerprint density at radius 3 is 2.70 bits per heavy atom. The summed E-state index contributed by atoms with van der Waals surface area (Å²) in [4.78, 5) is 30.8. The van der Waals surface area contributed by atoms with Crippen molar-refractivity contribution in [1.82, 2.24) is 4.98 Å². The zero-order chi connectivity index (χ0) is 21.1. The number of aromatic nitrogens is 1. The van der Waals surface area contributed by atoms with Gasteiger partial charge in [-0.25, -0.2) is 9.37 Å². The summed E-state index contributed by atoms with van der Waals surface area (Å²) in [6, 6.07) is 12.6. The van der Waals surface area contributed by atoms with Gasteiger partial charge < -0.3 is 10.1 Å². The minimum absolute atomic E-state index is 0.222. The number of amides is 2. The summed E-state index contributed by atoms with van der Waals surface area (Å²) >= 11 is 1.39. The van der Waals surface area contributed by atoms with Crippen LogP contribution in [0, 0.1) is 5.82 Å². The lowest BCUT2D eigenvalue weighted by molar-refractivity contribution is -0.117. The first-order chi connectivity index (χ1) is 14.5. The van der Waals surface area contributed by atoms with Gasteiger partial charge in [-0.05, 0) is 61.7 Å². The largest absolute Gasteiger partial charge is 0.497 e. The number of fused-ring (bicyclic) bond motifs is 1. The number of rotatable bonds is 5. The lowest BCUT2D eigenvalue weighted by Gasteiger charge is -2.20. The average molecular weight is 425 g/mol. The highest BCUT2D eigenvalue weighted by molar-refractivity contribution is 7.16. The van der Waals surface area contributed by atoms with Gasteiger partial charge in [0, 0.05) is 16.1 Å². The van der Waals surface area contributed by atoms with Gasteiger partial charge in [0.1, 0.15) is 11.6 Å². The van der Waals surface area contributed by atoms with Crippen LogP contribution in [-0.2, 0) is 11.2 Å². The van der Waals surface area contributed by atoms with Crippen molar-refractivity contribution in [2.45, 2.75) is 25.2 Å². The summed E-state index contributed by atoms with van der Waals surface area (Å²) in [7, 11) is 1.57. The van der Waals surface area contributed by atoms with Gasteiger partial charge in [0.05, 0.1) is 18.7 Å². The van der Waals surface area contributed by atoms with E-state index in [1.807, 2.05) is 0 Å². The summed E-state index contributed by atoms with van der Waals surface area (Å²) in [6.45, 7) is 0. The molecular weight excluding hydrogens is 405 g/mol. The number of nitrogens with zero attached hydrogens (tertiary/aromatic N) is 1. The molecule has 1 heterocycles. The van der Waals surface area contributed by atoms with Crippen molar-refractivity contribution in [3.63, 3.8) is 0 Å². The van der Waals surface area contributed by atoms with E-state index in [0.717, 1.165) is 17.7 Å². The molecule has 1 aliphatic carbocycles. The van der Waals surface area contributed by atoms with Crippen LogP contribution in [0.1, 0.15) is 39.7 Å². The van der Waals surface area contributed by atoms with Crippen LogP contribution in [0.15, 0.2) is 48.5 Å². The van der Waals surface area contributed by atoms with Crippen molar-refractivity contribution in [3.8, 4) is 5.75 Å². The number of carbonyl (C=O) groups excluding carboxylic acids is 2. The van der Waals surface area contributed by atoms with Gasteiger partial charge in [-0.15, -0.1) is 11.3 Å². The first kappa shape index (κ1) is 20.0. The van der Waals surface area contributed by atoms with Crippen LogP contribution in [0.5, 0.6) is 5.75 Å². The molecule has 1 aromatic heterocycles. The molecule has 0 spiro atoms. The Bertz CT molecular complexity index is 1080. The quantitative estimate of drug-likeness (QED) is 0.626. The molecule has 30 heavy (non-hydrogen) atoms. The van der Waals surface area contributed by atoms with Gasteiger partial charge in [0.2, 0.25) is 5.91 Å². The van der Waals surface area contributed by atoms with Crippen LogP contribution in [0.3, 0.4) is 0 Å². The van der Waals surface area contributed by atoms with Crippen LogP contribution in [0.25, 0.3) is 0 Å². The number of carbonyl (C=O) groups is 2. The molecule has 1 atom stereocenters. The Morgan fingerprint density at radius 1 is 1.17 bits per heavy atom. The molecule has 0 saturated heterocycles. The maximum atomic E-state index is 13.4. The van der Waals surface area contributed by atoms with E-state index in [2.05, 4.69) is 15.6 Å². The number of halogens is 1. The number of thiazole rings is 1. The standard InChI is InChI=1S/C22H20FN3O3S/c1-29-16-10-8-13(9-11-16)20(27)26-22-25-19-17(6-3-7-18(19)30-22)21(28)24-15-5-2-4-14(23)12-15/h2,4-5,8-12,17H,3,6-7H2,1H3,(H,24,28)(H,25,26,27)/t17-/m1/s1. The maximum Gasteiger partial charge on any atom is 0.257 e. The zero-order valence-electron chi connectivity index (χ0n) is 16.3. The topological polar surface area (TPSA) is 80.3 Å². The molecule has 0 radical (unpaired) electrons. The Kier molecular flexibility index (Phi) is 5.76. The van der Waals surface area contributed by atoms with E-state index in [1.54, 1.807) is 43.5 Å². The van der Waals surface area contributed by atoms with Gasteiger partial charge in [-0.2, -0.15) is 0 Å². The molecule has 3 aromatic rings. The molecular formula is C22H20FN3O3S. The number of anilines is 2. The second-order valence-corrected chi connectivity index (χ2v) is 8.04. The van der Waals surface area contributed by atoms with Crippen LogP contribution in [-0.4, -0.2) is 23.9 Å². The molecule has 0 saturated carbocycles. The molecule has 0 unspecified atom stereocenters. The first-order valence-electron chi connectivity index (χ1n) is 9.55. The minimum Gasteiger partial charge on any atom is -0.497 e. The Morgan fingerprint density at radius 2 is 1.97 bits per heavy atom. The van der Waals surface area contributed by atoms with Gasteiger partial charge in [0.15, 0.2) is 5.13 Å². The van der Waals surface area contributed by atoms with E-state index < -0.39 is 11.7 Å². The molecule has 2 amide bonds. The van der Waals surface area contributed by atoms with Gasteiger partial charge in [-0.3, -0.25) is 14.9 Å². The summed E-state index contributed by atoms with van der Waals surface area (Å²) in [6.07, 6.45) is 2.32. The molecule has 1 aliphatic rings. The first-order valence-corrected chi connectivity index (χ1v) is 10.4. The van der Waals surface area contributed by atoms with Crippen molar-refractivity contribution in [3.05, 3.63) is 70.5 Å². The lowest BCUT2D eigenvalue weighted by Crippen LogP contribution is -2.24. The van der Waals surface area contributed by atoms with E-state index in [-0.39, 0.29) is 11.8 Å². The fourth-order valence-corrected chi connectivity index (χ4v) is 4.49. The van der Waals surface area contributed by atoms with Crippen LogP contribution in [0.4, 0.5) is 15.2 Å². The van der Waals surface area contributed by atoms with Crippen molar-refractivity contribution >= 4 is 34.0 Å². The van der Waals surface area contributed by atoms with Crippen LogP contribution >= 0.6 is 11.3 Å². The maximum absolute atomic E-state index is 13.4. The van der Waals surface area contributed by atoms with Crippen molar-refractivity contribution in [2.24, 2.45) is 0 Å². The minimum atomic E-state index is -0.431. The smallest absolute Gasteiger partial charge is 0.257 e. The number of methoxy groups -OCH3 is 1. The van der Waals surface area contributed by atoms with E-state index in [0.29, 0.717) is 34.2 Å². The summed E-state index contributed by atoms with van der Waals surface area (Å²) < 4.78 is 18.5. The van der Waals surface area contributed by atoms with Crippen LogP contribution in [0.2, 0.25) is 0 Å². The van der Waals surface area contributed by atoms with Crippen LogP contribution < -0.4 is 15.4 Å². The number of benzene rings is 2. The number of aryl methyl sites for hydroxylation is 1. The van der Waals surface area contributed by atoms with Gasteiger partial charge in [-0.1, -0.05) is 6.07 Å². The summed E-state index contributed by atoms with van der Waals surface area (Å²) in [5, 5.41) is 6.05. The predicted octanol–water partition coefficient (Wildman–Crippen LogP) is 4.60. The van der Waals surface area contributed by atoms with Crippen molar-refractivity contribution in [1.29, 1.82) is 0 Å². The Hall–Kier alpha value is -3.26. The molecule has 0 aliphatic heterocycles. The fraction of sp³-hybridized carbons (Fsp3) is 0.227. The normalized spacial score (nSPS) is 15.2. The second kappa shape index (κ2) is 8.62. The molecule has 2 N–H and O–H groups in total. The Balaban J connectivity index is 1.49. The number of nitrogens with one attached hydrogen (secondary N) is 2. The van der Waals surface area contributed by atoms with E-state index >= 15 is 0 Å². The third kappa shape index (κ3) is 4.33. The van der Waals surface area contributed by atoms with Crippen molar-refractivity contribution in [2.75, 3.05) is 17.7 Å². The second-order valence-electron chi connectivity index (χ2n) is 6.95. The summed E-state index contributed by atoms with van der Waals surface area (Å²) in [5.41, 5.74) is 1.59. The number of hydrogen-bond acceptors (Lipinski definition) is 5. The predicted molar refractivity (Wildman–Crippen MR) is 114 cm³/mol. The summed E-state index contributed by atoms with van der Waals surface area (Å²) in [5.74, 6) is -0.665. The van der Waals surface area contributed by atoms with Gasteiger partial charge in [0.25, 0.3) is 5.91 Å². The molecule has 2 aromatic carbocycles. The highest BCUT2D eigenvalue weighted by atomic mass is 32.1. The van der Waals surface area contributed by atoms with E-state index in [1.165, 1.54) is 23.5 Å². The zero-order valence-corrected chi connectivity index (χ0v) is 17.1. The lowest BCUT2D eigenvalue weighted by atomic mass is 9.90. The Labute approximate surface area is 177 Å². The number of hydrogen-bond donors (Lipinski definition) is 2. The highest BCUT2D eigenvalue weighted by Gasteiger charge is 2.30. The van der Waals surface area contributed by atoms with Crippen molar-refractivity contribution < 1.29 is 18.7 Å². The molecule has 0 bridgehead atoms. The van der Waals surface area contributed by atoms with Gasteiger partial charge >= 0.3 is 0 Å². The monoisotopic (exact) mass is 425 g/mol. The fourth-order valence-electron chi connectivity index (χ4n) is 3.43. The highest BCUT2D eigenvalue weighted by Crippen LogP contribution is 2.37.